The van der Waals surface area contributed by atoms with Gasteiger partial charge in [-0.15, -0.1) is 22.7 Å². The van der Waals surface area contributed by atoms with Crippen LogP contribution in [0.2, 0.25) is 10.0 Å². The Bertz CT molecular complexity index is 1060. The van der Waals surface area contributed by atoms with E-state index in [1.165, 1.54) is 34.8 Å². The first-order chi connectivity index (χ1) is 14.3. The zero-order chi connectivity index (χ0) is 21.7. The highest BCUT2D eigenvalue weighted by Gasteiger charge is 2.09. The minimum atomic E-state index is -0.397. The minimum absolute atomic E-state index is 0.171. The van der Waals surface area contributed by atoms with E-state index in [1.54, 1.807) is 36.7 Å². The number of thiazole rings is 2. The normalized spacial score (nSPS) is 10.5. The Morgan fingerprint density at radius 2 is 1.13 bits per heavy atom. The average molecular weight is 485 g/mol. The van der Waals surface area contributed by atoms with E-state index in [4.69, 9.17) is 34.7 Å². The molecule has 2 aromatic carbocycles. The second-order valence-electron chi connectivity index (χ2n) is 6.11. The lowest BCUT2D eigenvalue weighted by Crippen LogP contribution is -1.88. The zero-order valence-electron chi connectivity index (χ0n) is 15.4. The molecular formula is C20H16Cl2F2N4S2. The van der Waals surface area contributed by atoms with Crippen molar-refractivity contribution in [2.75, 3.05) is 11.5 Å². The van der Waals surface area contributed by atoms with Gasteiger partial charge in [-0.2, -0.15) is 0 Å². The quantitative estimate of drug-likeness (QED) is 0.360. The highest BCUT2D eigenvalue weighted by atomic mass is 35.5. The molecule has 0 saturated heterocycles. The van der Waals surface area contributed by atoms with Crippen molar-refractivity contribution in [2.45, 2.75) is 12.8 Å². The number of hydrogen-bond donors (Lipinski definition) is 2. The molecule has 10 heteroatoms. The molecule has 0 saturated carbocycles. The Kier molecular flexibility index (Phi) is 7.60. The molecule has 2 aromatic heterocycles. The average Bonchev–Trinajstić information content (AvgIpc) is 3.31. The maximum atomic E-state index is 13.1. The molecule has 0 spiro atoms. The highest BCUT2D eigenvalue weighted by molar-refractivity contribution is 7.15. The van der Waals surface area contributed by atoms with E-state index < -0.39 is 11.6 Å². The zero-order valence-corrected chi connectivity index (χ0v) is 18.6. The third kappa shape index (κ3) is 5.89. The highest BCUT2D eigenvalue weighted by Crippen LogP contribution is 2.26. The Morgan fingerprint density at radius 1 is 0.733 bits per heavy atom. The van der Waals surface area contributed by atoms with Crippen LogP contribution in [0.1, 0.15) is 20.9 Å². The number of nitrogen functional groups attached to an aromatic ring is 2. The standard InChI is InChI=1S/2C10H8ClFN2S/c2*11-9-6(2-1-3-8(9)12)4-7-5-14-10(13)15-7/h2*1-3,5H,4H2,(H2,13,14). The summed E-state index contributed by atoms with van der Waals surface area (Å²) in [6.45, 7) is 0. The molecule has 30 heavy (non-hydrogen) atoms. The van der Waals surface area contributed by atoms with Crippen molar-refractivity contribution >= 4 is 56.1 Å². The number of anilines is 2. The van der Waals surface area contributed by atoms with Crippen LogP contribution in [0.25, 0.3) is 0 Å². The van der Waals surface area contributed by atoms with Crippen molar-refractivity contribution in [1.82, 2.24) is 9.97 Å². The van der Waals surface area contributed by atoms with E-state index in [2.05, 4.69) is 9.97 Å². The fraction of sp³-hybridized carbons (Fsp3) is 0.100. The first-order valence-electron chi connectivity index (χ1n) is 8.59. The van der Waals surface area contributed by atoms with Crippen molar-refractivity contribution in [1.29, 1.82) is 0 Å². The van der Waals surface area contributed by atoms with Crippen molar-refractivity contribution in [3.8, 4) is 0 Å². The van der Waals surface area contributed by atoms with Crippen LogP contribution in [0.3, 0.4) is 0 Å². The summed E-state index contributed by atoms with van der Waals surface area (Å²) in [5, 5.41) is 1.36. The number of hydrogen-bond acceptors (Lipinski definition) is 6. The molecule has 2 heterocycles. The van der Waals surface area contributed by atoms with Crippen molar-refractivity contribution in [3.05, 3.63) is 91.4 Å². The molecule has 0 unspecified atom stereocenters. The number of benzene rings is 2. The van der Waals surface area contributed by atoms with Crippen LogP contribution in [0.15, 0.2) is 48.8 Å². The number of rotatable bonds is 4. The van der Waals surface area contributed by atoms with Gasteiger partial charge in [0, 0.05) is 35.0 Å². The van der Waals surface area contributed by atoms with E-state index in [1.807, 2.05) is 0 Å². The second kappa shape index (κ2) is 10.2. The van der Waals surface area contributed by atoms with Crippen LogP contribution < -0.4 is 11.5 Å². The maximum Gasteiger partial charge on any atom is 0.180 e. The molecular weight excluding hydrogens is 469 g/mol. The van der Waals surface area contributed by atoms with Crippen LogP contribution in [-0.2, 0) is 12.8 Å². The molecule has 0 aliphatic heterocycles. The molecule has 156 valence electrons. The maximum absolute atomic E-state index is 13.1. The van der Waals surface area contributed by atoms with Gasteiger partial charge >= 0.3 is 0 Å². The van der Waals surface area contributed by atoms with Crippen LogP contribution in [0, 0.1) is 11.6 Å². The summed E-state index contributed by atoms with van der Waals surface area (Å²) in [6.07, 6.45) is 4.49. The number of aromatic nitrogens is 2. The minimum Gasteiger partial charge on any atom is -0.375 e. The third-order valence-corrected chi connectivity index (χ3v) is 6.43. The predicted molar refractivity (Wildman–Crippen MR) is 121 cm³/mol. The molecule has 0 aliphatic carbocycles. The first-order valence-corrected chi connectivity index (χ1v) is 11.0. The summed E-state index contributed by atoms with van der Waals surface area (Å²) in [5.41, 5.74) is 12.5. The van der Waals surface area contributed by atoms with Gasteiger partial charge in [0.15, 0.2) is 10.3 Å². The Morgan fingerprint density at radius 3 is 1.47 bits per heavy atom. The molecule has 4 N–H and O–H groups in total. The fourth-order valence-corrected chi connectivity index (χ4v) is 4.35. The first kappa shape index (κ1) is 22.4. The Balaban J connectivity index is 0.000000171. The van der Waals surface area contributed by atoms with Crippen molar-refractivity contribution in [2.24, 2.45) is 0 Å². The van der Waals surface area contributed by atoms with Crippen LogP contribution >= 0.6 is 45.9 Å². The van der Waals surface area contributed by atoms with E-state index >= 15 is 0 Å². The second-order valence-corrected chi connectivity index (χ2v) is 9.16. The summed E-state index contributed by atoms with van der Waals surface area (Å²) in [6, 6.07) is 9.55. The van der Waals surface area contributed by atoms with E-state index in [-0.39, 0.29) is 10.0 Å². The molecule has 0 bridgehead atoms. The lowest BCUT2D eigenvalue weighted by Gasteiger charge is -2.02. The molecule has 4 nitrogen and oxygen atoms in total. The van der Waals surface area contributed by atoms with Gasteiger partial charge in [0.25, 0.3) is 0 Å². The Labute approximate surface area is 190 Å². The molecule has 0 amide bonds. The van der Waals surface area contributed by atoms with Gasteiger partial charge < -0.3 is 11.5 Å². The smallest absolute Gasteiger partial charge is 0.180 e. The summed E-state index contributed by atoms with van der Waals surface area (Å²) in [5.74, 6) is -0.793. The number of nitrogens with two attached hydrogens (primary N) is 2. The summed E-state index contributed by atoms with van der Waals surface area (Å²) in [4.78, 5) is 9.79. The van der Waals surface area contributed by atoms with Gasteiger partial charge in [0.2, 0.25) is 0 Å². The molecule has 0 atom stereocenters. The van der Waals surface area contributed by atoms with Crippen LogP contribution in [0.4, 0.5) is 19.0 Å². The summed E-state index contributed by atoms with van der Waals surface area (Å²) in [7, 11) is 0. The lowest BCUT2D eigenvalue weighted by molar-refractivity contribution is 0.626. The lowest BCUT2D eigenvalue weighted by atomic mass is 10.1. The topological polar surface area (TPSA) is 77.8 Å². The number of halogens is 4. The third-order valence-electron chi connectivity index (χ3n) is 3.94. The van der Waals surface area contributed by atoms with Gasteiger partial charge in [0.1, 0.15) is 11.6 Å². The molecule has 0 aliphatic rings. The van der Waals surface area contributed by atoms with Gasteiger partial charge in [-0.1, -0.05) is 47.5 Å². The summed E-state index contributed by atoms with van der Waals surface area (Å²) >= 11 is 14.4. The van der Waals surface area contributed by atoms with E-state index in [9.17, 15) is 8.78 Å². The van der Waals surface area contributed by atoms with E-state index in [0.717, 1.165) is 20.9 Å². The van der Waals surface area contributed by atoms with Gasteiger partial charge in [-0.25, -0.2) is 18.7 Å². The monoisotopic (exact) mass is 484 g/mol. The fourth-order valence-electron chi connectivity index (χ4n) is 2.55. The van der Waals surface area contributed by atoms with Crippen LogP contribution in [0.5, 0.6) is 0 Å². The van der Waals surface area contributed by atoms with E-state index in [0.29, 0.717) is 23.1 Å². The van der Waals surface area contributed by atoms with Crippen molar-refractivity contribution < 1.29 is 8.78 Å². The van der Waals surface area contributed by atoms with Gasteiger partial charge in [0.05, 0.1) is 10.0 Å². The predicted octanol–water partition coefficient (Wildman–Crippen LogP) is 6.22. The molecule has 0 fully saturated rings. The Hall–Kier alpha value is -2.26. The SMILES string of the molecule is Nc1ncc(Cc2cccc(F)c2Cl)s1.Nc1ncc(Cc2cccc(F)c2Cl)s1. The molecule has 4 aromatic rings. The molecule has 4 rings (SSSR count). The summed E-state index contributed by atoms with van der Waals surface area (Å²) < 4.78 is 26.2. The number of nitrogens with zero attached hydrogens (tertiary/aromatic N) is 2. The largest absolute Gasteiger partial charge is 0.375 e. The van der Waals surface area contributed by atoms with Crippen LogP contribution in [-0.4, -0.2) is 9.97 Å². The van der Waals surface area contributed by atoms with Crippen molar-refractivity contribution in [3.63, 3.8) is 0 Å². The van der Waals surface area contributed by atoms with Gasteiger partial charge in [-0.3, -0.25) is 0 Å². The molecule has 0 radical (unpaired) electrons. The van der Waals surface area contributed by atoms with Gasteiger partial charge in [-0.05, 0) is 23.3 Å².